The SMILES string of the molecule is Oc1ccccc1C(=Cc1ccccc1Br)N1CCOCC1. The maximum atomic E-state index is 10.2. The number of benzene rings is 2. The van der Waals surface area contributed by atoms with Crippen LogP contribution in [-0.2, 0) is 4.74 Å². The number of phenols is 1. The van der Waals surface area contributed by atoms with Crippen LogP contribution in [0.5, 0.6) is 5.75 Å². The summed E-state index contributed by atoms with van der Waals surface area (Å²) in [4.78, 5) is 2.26. The normalized spacial score (nSPS) is 15.9. The third kappa shape index (κ3) is 3.34. The van der Waals surface area contributed by atoms with E-state index in [2.05, 4.69) is 33.0 Å². The van der Waals surface area contributed by atoms with Gasteiger partial charge in [0.1, 0.15) is 5.75 Å². The lowest BCUT2D eigenvalue weighted by Crippen LogP contribution is -2.34. The number of hydrogen-bond acceptors (Lipinski definition) is 3. The van der Waals surface area contributed by atoms with Gasteiger partial charge < -0.3 is 14.7 Å². The van der Waals surface area contributed by atoms with Gasteiger partial charge in [0.25, 0.3) is 0 Å². The van der Waals surface area contributed by atoms with Gasteiger partial charge in [0.15, 0.2) is 0 Å². The van der Waals surface area contributed by atoms with Gasteiger partial charge in [0, 0.05) is 28.8 Å². The van der Waals surface area contributed by atoms with E-state index < -0.39 is 0 Å². The number of hydrogen-bond donors (Lipinski definition) is 1. The van der Waals surface area contributed by atoms with E-state index >= 15 is 0 Å². The minimum Gasteiger partial charge on any atom is -0.507 e. The summed E-state index contributed by atoms with van der Waals surface area (Å²) in [7, 11) is 0. The molecule has 1 aliphatic heterocycles. The highest BCUT2D eigenvalue weighted by Gasteiger charge is 2.18. The molecule has 0 amide bonds. The summed E-state index contributed by atoms with van der Waals surface area (Å²) in [5.41, 5.74) is 2.96. The fourth-order valence-electron chi connectivity index (χ4n) is 2.57. The van der Waals surface area contributed by atoms with Gasteiger partial charge in [0.05, 0.1) is 13.2 Å². The third-order valence-corrected chi connectivity index (χ3v) is 4.45. The number of ether oxygens (including phenoxy) is 1. The van der Waals surface area contributed by atoms with E-state index in [0.29, 0.717) is 19.0 Å². The molecule has 3 rings (SSSR count). The largest absolute Gasteiger partial charge is 0.507 e. The molecule has 0 atom stereocenters. The average molecular weight is 360 g/mol. The number of nitrogens with zero attached hydrogens (tertiary/aromatic N) is 1. The molecule has 3 nitrogen and oxygen atoms in total. The number of rotatable bonds is 3. The molecular weight excluding hydrogens is 342 g/mol. The fraction of sp³-hybridized carbons (Fsp3) is 0.222. The molecule has 1 saturated heterocycles. The summed E-state index contributed by atoms with van der Waals surface area (Å²) in [6, 6.07) is 15.6. The number of halogens is 1. The molecular formula is C18H18BrNO2. The Bertz CT molecular complexity index is 678. The van der Waals surface area contributed by atoms with Crippen molar-refractivity contribution in [1.29, 1.82) is 0 Å². The van der Waals surface area contributed by atoms with Crippen molar-refractivity contribution in [3.63, 3.8) is 0 Å². The summed E-state index contributed by atoms with van der Waals surface area (Å²) in [6.45, 7) is 3.07. The minimum atomic E-state index is 0.298. The van der Waals surface area contributed by atoms with Crippen molar-refractivity contribution in [3.8, 4) is 5.75 Å². The van der Waals surface area contributed by atoms with Crippen molar-refractivity contribution in [1.82, 2.24) is 4.90 Å². The van der Waals surface area contributed by atoms with E-state index in [-0.39, 0.29) is 0 Å². The van der Waals surface area contributed by atoms with Gasteiger partial charge in [0.2, 0.25) is 0 Å². The molecule has 0 bridgehead atoms. The average Bonchev–Trinajstić information content (AvgIpc) is 2.56. The van der Waals surface area contributed by atoms with E-state index in [4.69, 9.17) is 4.74 Å². The van der Waals surface area contributed by atoms with Crippen LogP contribution in [0.25, 0.3) is 11.8 Å². The molecule has 0 saturated carbocycles. The lowest BCUT2D eigenvalue weighted by molar-refractivity contribution is 0.0641. The maximum absolute atomic E-state index is 10.2. The molecule has 22 heavy (non-hydrogen) atoms. The first-order chi connectivity index (χ1) is 10.8. The highest BCUT2D eigenvalue weighted by atomic mass is 79.9. The van der Waals surface area contributed by atoms with E-state index in [0.717, 1.165) is 34.4 Å². The van der Waals surface area contributed by atoms with Gasteiger partial charge in [-0.25, -0.2) is 0 Å². The Morgan fingerprint density at radius 2 is 1.73 bits per heavy atom. The number of para-hydroxylation sites is 1. The molecule has 4 heteroatoms. The zero-order valence-electron chi connectivity index (χ0n) is 12.2. The molecule has 0 spiro atoms. The van der Waals surface area contributed by atoms with Gasteiger partial charge >= 0.3 is 0 Å². The van der Waals surface area contributed by atoms with Crippen molar-refractivity contribution in [2.75, 3.05) is 26.3 Å². The van der Waals surface area contributed by atoms with Crippen LogP contribution in [0.1, 0.15) is 11.1 Å². The van der Waals surface area contributed by atoms with Crippen LogP contribution in [0.3, 0.4) is 0 Å². The Kier molecular flexibility index (Phi) is 4.80. The highest BCUT2D eigenvalue weighted by Crippen LogP contribution is 2.31. The van der Waals surface area contributed by atoms with Crippen LogP contribution < -0.4 is 0 Å². The Hall–Kier alpha value is -1.78. The van der Waals surface area contributed by atoms with Crippen LogP contribution in [0, 0.1) is 0 Å². The van der Waals surface area contributed by atoms with Gasteiger partial charge in [-0.2, -0.15) is 0 Å². The molecule has 1 aliphatic rings. The van der Waals surface area contributed by atoms with E-state index in [1.807, 2.05) is 36.4 Å². The Morgan fingerprint density at radius 1 is 1.05 bits per heavy atom. The first-order valence-corrected chi connectivity index (χ1v) is 8.12. The summed E-state index contributed by atoms with van der Waals surface area (Å²) >= 11 is 3.59. The molecule has 1 fully saturated rings. The Labute approximate surface area is 139 Å². The Balaban J connectivity index is 2.07. The topological polar surface area (TPSA) is 32.7 Å². The van der Waals surface area contributed by atoms with Gasteiger partial charge in [-0.05, 0) is 29.8 Å². The van der Waals surface area contributed by atoms with Gasteiger partial charge in [-0.3, -0.25) is 0 Å². The second-order valence-corrected chi connectivity index (χ2v) is 6.02. The smallest absolute Gasteiger partial charge is 0.124 e. The summed E-state index contributed by atoms with van der Waals surface area (Å²) in [6.07, 6.45) is 2.12. The summed E-state index contributed by atoms with van der Waals surface area (Å²) in [5, 5.41) is 10.2. The van der Waals surface area contributed by atoms with Crippen molar-refractivity contribution in [2.45, 2.75) is 0 Å². The van der Waals surface area contributed by atoms with Crippen molar-refractivity contribution < 1.29 is 9.84 Å². The van der Waals surface area contributed by atoms with Gasteiger partial charge in [-0.15, -0.1) is 0 Å². The summed E-state index contributed by atoms with van der Waals surface area (Å²) < 4.78 is 6.49. The quantitative estimate of drug-likeness (QED) is 0.841. The number of aromatic hydroxyl groups is 1. The number of morpholine rings is 1. The first kappa shape index (κ1) is 15.1. The highest BCUT2D eigenvalue weighted by molar-refractivity contribution is 9.10. The molecule has 0 aliphatic carbocycles. The monoisotopic (exact) mass is 359 g/mol. The van der Waals surface area contributed by atoms with Crippen LogP contribution in [-0.4, -0.2) is 36.3 Å². The zero-order valence-corrected chi connectivity index (χ0v) is 13.8. The van der Waals surface area contributed by atoms with Crippen molar-refractivity contribution >= 4 is 27.7 Å². The first-order valence-electron chi connectivity index (χ1n) is 7.33. The molecule has 0 aromatic heterocycles. The lowest BCUT2D eigenvalue weighted by atomic mass is 10.1. The van der Waals surface area contributed by atoms with Crippen molar-refractivity contribution in [2.24, 2.45) is 0 Å². The van der Waals surface area contributed by atoms with Crippen LogP contribution in [0.2, 0.25) is 0 Å². The zero-order chi connectivity index (χ0) is 15.4. The molecule has 1 heterocycles. The van der Waals surface area contributed by atoms with Crippen molar-refractivity contribution in [3.05, 3.63) is 64.1 Å². The third-order valence-electron chi connectivity index (χ3n) is 3.73. The van der Waals surface area contributed by atoms with E-state index in [1.165, 1.54) is 0 Å². The lowest BCUT2D eigenvalue weighted by Gasteiger charge is -2.31. The van der Waals surface area contributed by atoms with E-state index in [1.54, 1.807) is 6.07 Å². The molecule has 0 radical (unpaired) electrons. The molecule has 2 aromatic carbocycles. The van der Waals surface area contributed by atoms with E-state index in [9.17, 15) is 5.11 Å². The fourth-order valence-corrected chi connectivity index (χ4v) is 2.97. The molecule has 114 valence electrons. The number of phenolic OH excluding ortho intramolecular Hbond substituents is 1. The predicted molar refractivity (Wildman–Crippen MR) is 92.5 cm³/mol. The van der Waals surface area contributed by atoms with Crippen LogP contribution in [0.4, 0.5) is 0 Å². The molecule has 1 N–H and O–H groups in total. The minimum absolute atomic E-state index is 0.298. The maximum Gasteiger partial charge on any atom is 0.124 e. The Morgan fingerprint density at radius 3 is 2.45 bits per heavy atom. The van der Waals surface area contributed by atoms with Crippen LogP contribution >= 0.6 is 15.9 Å². The van der Waals surface area contributed by atoms with Gasteiger partial charge in [-0.1, -0.05) is 46.3 Å². The van der Waals surface area contributed by atoms with Crippen LogP contribution in [0.15, 0.2) is 53.0 Å². The second-order valence-electron chi connectivity index (χ2n) is 5.17. The predicted octanol–water partition coefficient (Wildman–Crippen LogP) is 3.99. The molecule has 2 aromatic rings. The molecule has 0 unspecified atom stereocenters. The summed E-state index contributed by atoms with van der Waals surface area (Å²) in [5.74, 6) is 0.298. The second kappa shape index (κ2) is 6.99. The standard InChI is InChI=1S/C18H18BrNO2/c19-16-7-3-1-5-14(16)13-17(20-9-11-22-12-10-20)15-6-2-4-8-18(15)21/h1-8,13,21H,9-12H2.